The Labute approximate surface area is 223 Å². The molecular formula is C29H35FN4O3S. The van der Waals surface area contributed by atoms with Crippen molar-refractivity contribution in [3.05, 3.63) is 66.0 Å². The van der Waals surface area contributed by atoms with Gasteiger partial charge in [-0.15, -0.1) is 0 Å². The fraction of sp³-hybridized carbons (Fsp3) is 0.448. The zero-order valence-corrected chi connectivity index (χ0v) is 22.5. The maximum atomic E-state index is 13.4. The number of primary amides is 1. The van der Waals surface area contributed by atoms with Crippen LogP contribution in [0, 0.1) is 11.2 Å². The van der Waals surface area contributed by atoms with Crippen LogP contribution in [0.3, 0.4) is 0 Å². The third-order valence-electron chi connectivity index (χ3n) is 8.53. The molecule has 0 spiro atoms. The highest BCUT2D eigenvalue weighted by Gasteiger charge is 2.45. The molecule has 2 heterocycles. The number of nitrogens with one attached hydrogen (secondary N) is 1. The van der Waals surface area contributed by atoms with Crippen LogP contribution in [-0.2, 0) is 14.8 Å². The zero-order chi connectivity index (χ0) is 26.9. The van der Waals surface area contributed by atoms with E-state index in [1.165, 1.54) is 18.6 Å². The third kappa shape index (κ3) is 5.27. The van der Waals surface area contributed by atoms with Gasteiger partial charge in [0.15, 0.2) is 0 Å². The quantitative estimate of drug-likeness (QED) is 0.447. The minimum absolute atomic E-state index is 0.198. The summed E-state index contributed by atoms with van der Waals surface area (Å²) in [4.78, 5) is 19.9. The Bertz CT molecular complexity index is 1410. The summed E-state index contributed by atoms with van der Waals surface area (Å²) < 4.78 is 42.8. The van der Waals surface area contributed by atoms with Crippen molar-refractivity contribution < 1.29 is 17.6 Å². The molecule has 1 aliphatic heterocycles. The first-order chi connectivity index (χ1) is 18.2. The summed E-state index contributed by atoms with van der Waals surface area (Å²) in [6.45, 7) is 3.92. The number of piperidine rings is 1. The van der Waals surface area contributed by atoms with Crippen LogP contribution >= 0.6 is 0 Å². The second-order valence-electron chi connectivity index (χ2n) is 10.8. The van der Waals surface area contributed by atoms with Crippen molar-refractivity contribution in [3.63, 3.8) is 0 Å². The first kappa shape index (κ1) is 26.6. The zero-order valence-electron chi connectivity index (χ0n) is 21.7. The van der Waals surface area contributed by atoms with E-state index >= 15 is 0 Å². The minimum Gasteiger partial charge on any atom is -0.369 e. The molecule has 2 fully saturated rings. The van der Waals surface area contributed by atoms with Gasteiger partial charge in [-0.1, -0.05) is 19.1 Å². The van der Waals surface area contributed by atoms with Gasteiger partial charge in [0.1, 0.15) is 11.6 Å². The number of sulfonamides is 1. The van der Waals surface area contributed by atoms with Crippen LogP contribution in [0.4, 0.5) is 10.2 Å². The number of nitrogens with two attached hydrogens (primary N) is 1. The maximum Gasteiger partial charge on any atom is 0.240 e. The molecule has 7 nitrogen and oxygen atoms in total. The van der Waals surface area contributed by atoms with Gasteiger partial charge in [0.25, 0.3) is 0 Å². The van der Waals surface area contributed by atoms with Crippen molar-refractivity contribution in [2.75, 3.05) is 18.0 Å². The smallest absolute Gasteiger partial charge is 0.240 e. The molecule has 1 saturated heterocycles. The molecule has 1 atom stereocenters. The summed E-state index contributed by atoms with van der Waals surface area (Å²) in [6.07, 6.45) is 5.45. The van der Waals surface area contributed by atoms with Gasteiger partial charge < -0.3 is 10.6 Å². The van der Waals surface area contributed by atoms with Crippen molar-refractivity contribution in [1.29, 1.82) is 0 Å². The summed E-state index contributed by atoms with van der Waals surface area (Å²) in [5, 5.41) is 0.776. The Hall–Kier alpha value is -3.04. The third-order valence-corrected chi connectivity index (χ3v) is 10.0. The van der Waals surface area contributed by atoms with Crippen LogP contribution in [0.15, 0.2) is 59.5 Å². The fourth-order valence-electron chi connectivity index (χ4n) is 6.06. The fourth-order valence-corrected chi connectivity index (χ4v) is 7.40. The molecule has 2 aromatic carbocycles. The lowest BCUT2D eigenvalue weighted by atomic mass is 9.63. The number of aromatic nitrogens is 1. The van der Waals surface area contributed by atoms with Crippen molar-refractivity contribution in [3.8, 4) is 0 Å². The van der Waals surface area contributed by atoms with Crippen LogP contribution in [0.5, 0.6) is 0 Å². The molecule has 202 valence electrons. The van der Waals surface area contributed by atoms with Crippen LogP contribution in [0.1, 0.15) is 63.4 Å². The lowest BCUT2D eigenvalue weighted by molar-refractivity contribution is -0.131. The second kappa shape index (κ2) is 10.6. The predicted octanol–water partition coefficient (Wildman–Crippen LogP) is 4.86. The molecule has 3 aromatic rings. The molecule has 1 amide bonds. The summed E-state index contributed by atoms with van der Waals surface area (Å²) in [7, 11) is -3.76. The molecule has 0 bridgehead atoms. The van der Waals surface area contributed by atoms with E-state index in [0.29, 0.717) is 25.7 Å². The van der Waals surface area contributed by atoms with Gasteiger partial charge in [-0.05, 0) is 98.9 Å². The lowest BCUT2D eigenvalue weighted by Gasteiger charge is -2.42. The number of hydrogen-bond acceptors (Lipinski definition) is 5. The Morgan fingerprint density at radius 3 is 2.39 bits per heavy atom. The number of hydrogen-bond donors (Lipinski definition) is 2. The van der Waals surface area contributed by atoms with E-state index in [9.17, 15) is 17.6 Å². The molecule has 0 unspecified atom stereocenters. The monoisotopic (exact) mass is 538 g/mol. The van der Waals surface area contributed by atoms with Gasteiger partial charge in [0, 0.05) is 24.5 Å². The summed E-state index contributed by atoms with van der Waals surface area (Å²) >= 11 is 0. The molecule has 38 heavy (non-hydrogen) atoms. The number of carbonyl (C=O) groups excluding carboxylic acids is 1. The Balaban J connectivity index is 1.28. The molecule has 3 N–H and O–H groups in total. The SMILES string of the molecule is C[C@H](c1ccc(F)cc1)C1(C(N)=O)CCC(NS(=O)(=O)c2ccc3nc(N4CCCCC4)ccc3c2)CC1. The van der Waals surface area contributed by atoms with Gasteiger partial charge in [0.2, 0.25) is 15.9 Å². The number of fused-ring (bicyclic) bond motifs is 1. The minimum atomic E-state index is -3.76. The number of pyridine rings is 1. The van der Waals surface area contributed by atoms with Crippen molar-refractivity contribution in [2.45, 2.75) is 68.7 Å². The standard InChI is InChI=1S/C29H35FN4O3S/c1-20(21-5-8-23(30)9-6-21)29(28(31)35)15-13-24(14-16-29)33-38(36,37)25-10-11-26-22(19-25)7-12-27(32-26)34-17-3-2-4-18-34/h5-12,19-20,24,33H,2-4,13-18H2,1H3,(H2,31,35)/t20-,24?,29?/m1/s1. The molecule has 5 rings (SSSR count). The Kier molecular flexibility index (Phi) is 7.42. The number of benzene rings is 2. The highest BCUT2D eigenvalue weighted by atomic mass is 32.2. The van der Waals surface area contributed by atoms with Gasteiger partial charge in [-0.2, -0.15) is 0 Å². The largest absolute Gasteiger partial charge is 0.369 e. The van der Waals surface area contributed by atoms with Crippen LogP contribution in [-0.4, -0.2) is 38.4 Å². The van der Waals surface area contributed by atoms with Crippen molar-refractivity contribution in [2.24, 2.45) is 11.1 Å². The summed E-state index contributed by atoms with van der Waals surface area (Å²) in [5.41, 5.74) is 6.69. The van der Waals surface area contributed by atoms with E-state index in [2.05, 4.69) is 9.62 Å². The molecule has 1 aromatic heterocycles. The number of anilines is 1. The topological polar surface area (TPSA) is 105 Å². The van der Waals surface area contributed by atoms with E-state index < -0.39 is 21.3 Å². The van der Waals surface area contributed by atoms with E-state index in [0.717, 1.165) is 48.2 Å². The molecule has 9 heteroatoms. The van der Waals surface area contributed by atoms with Crippen LogP contribution < -0.4 is 15.4 Å². The number of amides is 1. The first-order valence-corrected chi connectivity index (χ1v) is 14.9. The molecule has 0 radical (unpaired) electrons. The molecule has 1 aliphatic carbocycles. The lowest BCUT2D eigenvalue weighted by Crippen LogP contribution is -2.48. The Morgan fingerprint density at radius 1 is 1.05 bits per heavy atom. The van der Waals surface area contributed by atoms with E-state index in [1.54, 1.807) is 30.3 Å². The average molecular weight is 539 g/mol. The molecule has 1 saturated carbocycles. The number of nitrogens with zero attached hydrogens (tertiary/aromatic N) is 2. The number of carbonyl (C=O) groups is 1. The molecular weight excluding hydrogens is 503 g/mol. The van der Waals surface area contributed by atoms with Gasteiger partial charge in [-0.3, -0.25) is 4.79 Å². The number of halogens is 1. The highest BCUT2D eigenvalue weighted by Crippen LogP contribution is 2.47. The van der Waals surface area contributed by atoms with E-state index in [4.69, 9.17) is 10.7 Å². The second-order valence-corrected chi connectivity index (χ2v) is 12.5. The maximum absolute atomic E-state index is 13.4. The first-order valence-electron chi connectivity index (χ1n) is 13.4. The highest BCUT2D eigenvalue weighted by molar-refractivity contribution is 7.89. The van der Waals surface area contributed by atoms with Gasteiger partial charge in [0.05, 0.1) is 15.8 Å². The van der Waals surface area contributed by atoms with Crippen molar-refractivity contribution >= 4 is 32.7 Å². The van der Waals surface area contributed by atoms with Crippen molar-refractivity contribution in [1.82, 2.24) is 9.71 Å². The number of rotatable bonds is 7. The predicted molar refractivity (Wildman–Crippen MR) is 147 cm³/mol. The van der Waals surface area contributed by atoms with E-state index in [1.807, 2.05) is 19.1 Å². The van der Waals surface area contributed by atoms with Gasteiger partial charge >= 0.3 is 0 Å². The summed E-state index contributed by atoms with van der Waals surface area (Å²) in [5.74, 6) is -0.0115. The average Bonchev–Trinajstić information content (AvgIpc) is 2.93. The Morgan fingerprint density at radius 2 is 1.74 bits per heavy atom. The summed E-state index contributed by atoms with van der Waals surface area (Å²) in [6, 6.07) is 14.8. The molecule has 2 aliphatic rings. The van der Waals surface area contributed by atoms with E-state index in [-0.39, 0.29) is 22.7 Å². The normalized spacial score (nSPS) is 23.3. The van der Waals surface area contributed by atoms with Crippen LogP contribution in [0.2, 0.25) is 0 Å². The van der Waals surface area contributed by atoms with Gasteiger partial charge in [-0.25, -0.2) is 22.5 Å². The van der Waals surface area contributed by atoms with Crippen LogP contribution in [0.25, 0.3) is 10.9 Å².